The van der Waals surface area contributed by atoms with Crippen LogP contribution < -0.4 is 15.4 Å². The van der Waals surface area contributed by atoms with Gasteiger partial charge in [-0.25, -0.2) is 9.59 Å². The fourth-order valence-corrected chi connectivity index (χ4v) is 2.27. The lowest BCUT2D eigenvalue weighted by atomic mass is 10.1. The van der Waals surface area contributed by atoms with Crippen LogP contribution in [0.1, 0.15) is 21.5 Å². The number of carbonyl (C=O) groups is 3. The molecule has 0 aromatic heterocycles. The van der Waals surface area contributed by atoms with Crippen LogP contribution in [0.4, 0.5) is 4.79 Å². The van der Waals surface area contributed by atoms with Gasteiger partial charge in [-0.15, -0.1) is 0 Å². The van der Waals surface area contributed by atoms with E-state index in [0.717, 1.165) is 11.1 Å². The van der Waals surface area contributed by atoms with E-state index in [1.54, 1.807) is 48.5 Å². The summed E-state index contributed by atoms with van der Waals surface area (Å²) in [6.45, 7) is 0.236. The lowest BCUT2D eigenvalue weighted by Crippen LogP contribution is -2.22. The van der Waals surface area contributed by atoms with Crippen LogP contribution in [-0.2, 0) is 11.4 Å². The summed E-state index contributed by atoms with van der Waals surface area (Å²) in [7, 11) is 0. The van der Waals surface area contributed by atoms with Crippen LogP contribution in [0.2, 0.25) is 0 Å². The zero-order valence-corrected chi connectivity index (χ0v) is 13.0. The van der Waals surface area contributed by atoms with Gasteiger partial charge in [-0.1, -0.05) is 24.3 Å². The average molecular weight is 338 g/mol. The number of carbonyl (C=O) groups excluding carboxylic acids is 2. The van der Waals surface area contributed by atoms with E-state index in [9.17, 15) is 14.4 Å². The number of hydrogen-bond donors (Lipinski definition) is 3. The van der Waals surface area contributed by atoms with Gasteiger partial charge in [0.15, 0.2) is 0 Å². The Bertz CT molecular complexity index is 871. The van der Waals surface area contributed by atoms with Crippen LogP contribution in [0.25, 0.3) is 6.08 Å². The van der Waals surface area contributed by atoms with E-state index in [0.29, 0.717) is 5.75 Å². The Hall–Kier alpha value is -3.61. The molecule has 0 saturated carbocycles. The predicted molar refractivity (Wildman–Crippen MR) is 88.8 cm³/mol. The van der Waals surface area contributed by atoms with E-state index < -0.39 is 17.9 Å². The molecule has 1 aliphatic rings. The van der Waals surface area contributed by atoms with Crippen molar-refractivity contribution in [2.24, 2.45) is 0 Å². The van der Waals surface area contributed by atoms with Crippen molar-refractivity contribution >= 4 is 24.0 Å². The molecular weight excluding hydrogens is 324 g/mol. The standard InChI is InChI=1S/C18H14N2O5/c21-16-15(19-18(24)20-16)9-11-4-6-14(7-5-11)25-10-12-2-1-3-13(8-12)17(22)23/h1-9H,10H2,(H,22,23)(H2,19,20,21,24). The molecule has 7 heteroatoms. The van der Waals surface area contributed by atoms with E-state index in [1.165, 1.54) is 6.07 Å². The van der Waals surface area contributed by atoms with Gasteiger partial charge >= 0.3 is 12.0 Å². The third-order valence-electron chi connectivity index (χ3n) is 3.49. The van der Waals surface area contributed by atoms with Crippen molar-refractivity contribution in [2.75, 3.05) is 0 Å². The molecule has 126 valence electrons. The van der Waals surface area contributed by atoms with Crippen molar-refractivity contribution in [2.45, 2.75) is 6.61 Å². The summed E-state index contributed by atoms with van der Waals surface area (Å²) >= 11 is 0. The highest BCUT2D eigenvalue weighted by molar-refractivity contribution is 6.13. The molecule has 0 bridgehead atoms. The number of ether oxygens (including phenoxy) is 1. The number of nitrogens with one attached hydrogen (secondary N) is 2. The second-order valence-corrected chi connectivity index (χ2v) is 5.33. The van der Waals surface area contributed by atoms with Crippen LogP contribution in [0.5, 0.6) is 5.75 Å². The highest BCUT2D eigenvalue weighted by Gasteiger charge is 2.22. The van der Waals surface area contributed by atoms with Gasteiger partial charge in [0.25, 0.3) is 5.91 Å². The zero-order valence-electron chi connectivity index (χ0n) is 13.0. The van der Waals surface area contributed by atoms with Crippen molar-refractivity contribution in [1.82, 2.24) is 10.6 Å². The molecule has 7 nitrogen and oxygen atoms in total. The minimum Gasteiger partial charge on any atom is -0.489 e. The molecule has 0 atom stereocenters. The molecule has 2 aromatic carbocycles. The SMILES string of the molecule is O=C1NC(=O)C(=Cc2ccc(OCc3cccc(C(=O)O)c3)cc2)N1. The number of carboxylic acid groups (broad SMARTS) is 1. The summed E-state index contributed by atoms with van der Waals surface area (Å²) in [6, 6.07) is 12.9. The fraction of sp³-hybridized carbons (Fsp3) is 0.0556. The molecular formula is C18H14N2O5. The van der Waals surface area contributed by atoms with Crippen LogP contribution in [0, 0.1) is 0 Å². The monoisotopic (exact) mass is 338 g/mol. The Balaban J connectivity index is 1.64. The van der Waals surface area contributed by atoms with Crippen LogP contribution >= 0.6 is 0 Å². The average Bonchev–Trinajstić information content (AvgIpc) is 2.92. The highest BCUT2D eigenvalue weighted by Crippen LogP contribution is 2.17. The second-order valence-electron chi connectivity index (χ2n) is 5.33. The fourth-order valence-electron chi connectivity index (χ4n) is 2.27. The van der Waals surface area contributed by atoms with Crippen LogP contribution in [0.3, 0.4) is 0 Å². The van der Waals surface area contributed by atoms with Crippen molar-refractivity contribution in [3.05, 3.63) is 70.9 Å². The topological polar surface area (TPSA) is 105 Å². The number of aromatic carboxylic acids is 1. The quantitative estimate of drug-likeness (QED) is 0.572. The summed E-state index contributed by atoms with van der Waals surface area (Å²) in [4.78, 5) is 33.5. The van der Waals surface area contributed by atoms with Crippen molar-refractivity contribution in [3.63, 3.8) is 0 Å². The Kier molecular flexibility index (Phi) is 4.47. The number of hydrogen-bond acceptors (Lipinski definition) is 4. The maximum Gasteiger partial charge on any atom is 0.335 e. The molecule has 3 rings (SSSR count). The minimum absolute atomic E-state index is 0.184. The van der Waals surface area contributed by atoms with Crippen LogP contribution in [0.15, 0.2) is 54.2 Å². The molecule has 3 amide bonds. The van der Waals surface area contributed by atoms with Crippen molar-refractivity contribution in [3.8, 4) is 5.75 Å². The second kappa shape index (κ2) is 6.88. The lowest BCUT2D eigenvalue weighted by molar-refractivity contribution is -0.115. The summed E-state index contributed by atoms with van der Waals surface area (Å²) in [5.41, 5.74) is 1.87. The van der Waals surface area contributed by atoms with Gasteiger partial charge in [0.2, 0.25) is 0 Å². The smallest absolute Gasteiger partial charge is 0.335 e. The van der Waals surface area contributed by atoms with Crippen molar-refractivity contribution in [1.29, 1.82) is 0 Å². The molecule has 1 aliphatic heterocycles. The number of carboxylic acids is 1. The zero-order chi connectivity index (χ0) is 17.8. The molecule has 0 unspecified atom stereocenters. The highest BCUT2D eigenvalue weighted by atomic mass is 16.5. The van der Waals surface area contributed by atoms with Gasteiger partial charge in [0.05, 0.1) is 5.56 Å². The first-order valence-corrected chi connectivity index (χ1v) is 7.40. The first-order valence-electron chi connectivity index (χ1n) is 7.40. The molecule has 3 N–H and O–H groups in total. The van der Waals surface area contributed by atoms with E-state index in [2.05, 4.69) is 10.6 Å². The van der Waals surface area contributed by atoms with Gasteiger partial charge < -0.3 is 15.2 Å². The van der Waals surface area contributed by atoms with Crippen molar-refractivity contribution < 1.29 is 24.2 Å². The largest absolute Gasteiger partial charge is 0.489 e. The first-order chi connectivity index (χ1) is 12.0. The van der Waals surface area contributed by atoms with Gasteiger partial charge in [-0.05, 0) is 41.5 Å². The number of urea groups is 1. The number of imide groups is 1. The molecule has 1 heterocycles. The van der Waals surface area contributed by atoms with Gasteiger partial charge in [0.1, 0.15) is 18.1 Å². The Morgan fingerprint density at radius 3 is 2.48 bits per heavy atom. The molecule has 1 saturated heterocycles. The van der Waals surface area contributed by atoms with E-state index in [1.807, 2.05) is 0 Å². The van der Waals surface area contributed by atoms with Gasteiger partial charge in [0, 0.05) is 0 Å². The first kappa shape index (κ1) is 16.3. The molecule has 2 aromatic rings. The Labute approximate surface area is 142 Å². The molecule has 0 radical (unpaired) electrons. The third-order valence-corrected chi connectivity index (χ3v) is 3.49. The summed E-state index contributed by atoms with van der Waals surface area (Å²) in [6.07, 6.45) is 1.56. The van der Waals surface area contributed by atoms with E-state index in [4.69, 9.17) is 9.84 Å². The molecule has 1 fully saturated rings. The van der Waals surface area contributed by atoms with E-state index >= 15 is 0 Å². The Morgan fingerprint density at radius 2 is 1.84 bits per heavy atom. The third kappa shape index (κ3) is 4.03. The Morgan fingerprint density at radius 1 is 1.08 bits per heavy atom. The van der Waals surface area contributed by atoms with Gasteiger partial charge in [-0.3, -0.25) is 10.1 Å². The van der Waals surface area contributed by atoms with Crippen LogP contribution in [-0.4, -0.2) is 23.0 Å². The lowest BCUT2D eigenvalue weighted by Gasteiger charge is -2.07. The number of rotatable bonds is 5. The maximum atomic E-state index is 11.5. The van der Waals surface area contributed by atoms with E-state index in [-0.39, 0.29) is 17.9 Å². The summed E-state index contributed by atoms with van der Waals surface area (Å²) < 4.78 is 5.63. The van der Waals surface area contributed by atoms with Gasteiger partial charge in [-0.2, -0.15) is 0 Å². The number of benzene rings is 2. The summed E-state index contributed by atoms with van der Waals surface area (Å²) in [5, 5.41) is 13.5. The minimum atomic E-state index is -0.984. The summed E-state index contributed by atoms with van der Waals surface area (Å²) in [5.74, 6) is -0.853. The molecule has 0 aliphatic carbocycles. The predicted octanol–water partition coefficient (Wildman–Crippen LogP) is 2.14. The molecule has 25 heavy (non-hydrogen) atoms. The molecule has 0 spiro atoms. The maximum absolute atomic E-state index is 11.5. The number of amides is 3. The normalized spacial score (nSPS) is 15.0.